The third kappa shape index (κ3) is 3.49. The van der Waals surface area contributed by atoms with Crippen LogP contribution in [0.3, 0.4) is 0 Å². The maximum Gasteiger partial charge on any atom is 0.283 e. The molecule has 2 aromatic heterocycles. The van der Waals surface area contributed by atoms with Gasteiger partial charge in [0.1, 0.15) is 5.75 Å². The Balaban J connectivity index is 1.52. The van der Waals surface area contributed by atoms with Gasteiger partial charge >= 0.3 is 0 Å². The minimum Gasteiger partial charge on any atom is -0.483 e. The van der Waals surface area contributed by atoms with Gasteiger partial charge in [0.25, 0.3) is 11.8 Å². The fourth-order valence-corrected chi connectivity index (χ4v) is 2.74. The molecule has 2 heterocycles. The quantitative estimate of drug-likeness (QED) is 0.455. The predicted molar refractivity (Wildman–Crippen MR) is 95.9 cm³/mol. The van der Waals surface area contributed by atoms with Crippen LogP contribution in [-0.2, 0) is 6.61 Å². The van der Waals surface area contributed by atoms with E-state index >= 15 is 0 Å². The molecule has 6 heteroatoms. The van der Waals surface area contributed by atoms with Gasteiger partial charge in [-0.2, -0.15) is 0 Å². The van der Waals surface area contributed by atoms with E-state index in [2.05, 4.69) is 26.1 Å². The van der Waals surface area contributed by atoms with E-state index in [1.807, 2.05) is 54.6 Å². The third-order valence-corrected chi connectivity index (χ3v) is 4.00. The summed E-state index contributed by atoms with van der Waals surface area (Å²) in [5.74, 6) is 1.97. The second-order valence-electron chi connectivity index (χ2n) is 5.26. The van der Waals surface area contributed by atoms with Gasteiger partial charge in [0.15, 0.2) is 17.0 Å². The number of para-hydroxylation sites is 1. The van der Waals surface area contributed by atoms with Crippen molar-refractivity contribution >= 4 is 15.9 Å². The normalized spacial score (nSPS) is 10.8. The highest BCUT2D eigenvalue weighted by Crippen LogP contribution is 2.30. The van der Waals surface area contributed by atoms with Gasteiger partial charge in [-0.3, -0.25) is 0 Å². The second-order valence-corrected chi connectivity index (χ2v) is 6.04. The number of benzene rings is 2. The average Bonchev–Trinajstić information content (AvgIpc) is 3.30. The summed E-state index contributed by atoms with van der Waals surface area (Å²) in [5, 5.41) is 7.98. The molecule has 2 aromatic carbocycles. The van der Waals surface area contributed by atoms with Crippen LogP contribution in [0.2, 0.25) is 0 Å². The first-order valence-corrected chi connectivity index (χ1v) is 8.44. The first-order chi connectivity index (χ1) is 12.3. The Morgan fingerprint density at radius 3 is 2.44 bits per heavy atom. The molecule has 0 saturated heterocycles. The van der Waals surface area contributed by atoms with E-state index in [9.17, 15) is 0 Å². The van der Waals surface area contributed by atoms with Gasteiger partial charge in [-0.05, 0) is 39.7 Å². The summed E-state index contributed by atoms with van der Waals surface area (Å²) in [6.45, 7) is 0.179. The molecule has 0 fully saturated rings. The number of halogens is 1. The zero-order chi connectivity index (χ0) is 17.1. The van der Waals surface area contributed by atoms with Crippen molar-refractivity contribution in [2.45, 2.75) is 6.61 Å². The van der Waals surface area contributed by atoms with Crippen LogP contribution in [-0.4, -0.2) is 10.2 Å². The number of hydrogen-bond donors (Lipinski definition) is 0. The highest BCUT2D eigenvalue weighted by atomic mass is 79.9. The Labute approximate surface area is 152 Å². The minimum absolute atomic E-state index is 0.179. The highest BCUT2D eigenvalue weighted by Gasteiger charge is 2.13. The standard InChI is InChI=1S/C19H13BrN2O3/c20-17-11-10-16(24-17)19-22-21-18(25-19)12-23-15-9-5-4-8-14(15)13-6-2-1-3-7-13/h1-11H,12H2. The van der Waals surface area contributed by atoms with Gasteiger partial charge in [-0.25, -0.2) is 0 Å². The van der Waals surface area contributed by atoms with Crippen molar-refractivity contribution in [3.05, 3.63) is 77.3 Å². The monoisotopic (exact) mass is 396 g/mol. The van der Waals surface area contributed by atoms with E-state index in [1.54, 1.807) is 12.1 Å². The van der Waals surface area contributed by atoms with Crippen LogP contribution >= 0.6 is 15.9 Å². The molecule has 0 saturated carbocycles. The lowest BCUT2D eigenvalue weighted by Crippen LogP contribution is -1.97. The van der Waals surface area contributed by atoms with Gasteiger partial charge in [0.05, 0.1) is 0 Å². The van der Waals surface area contributed by atoms with Gasteiger partial charge in [0.2, 0.25) is 0 Å². The molecule has 124 valence electrons. The number of furan rings is 1. The molecule has 25 heavy (non-hydrogen) atoms. The first kappa shape index (κ1) is 15.7. The Kier molecular flexibility index (Phi) is 4.35. The summed E-state index contributed by atoms with van der Waals surface area (Å²) in [4.78, 5) is 0. The number of nitrogens with zero attached hydrogens (tertiary/aromatic N) is 2. The van der Waals surface area contributed by atoms with E-state index in [1.165, 1.54) is 0 Å². The molecule has 0 amide bonds. The molecule has 0 radical (unpaired) electrons. The molecule has 0 aliphatic heterocycles. The van der Waals surface area contributed by atoms with E-state index in [-0.39, 0.29) is 6.61 Å². The zero-order valence-corrected chi connectivity index (χ0v) is 14.6. The van der Waals surface area contributed by atoms with E-state index in [0.29, 0.717) is 22.2 Å². The number of aromatic nitrogens is 2. The topological polar surface area (TPSA) is 61.3 Å². The molecule has 0 aliphatic rings. The lowest BCUT2D eigenvalue weighted by Gasteiger charge is -2.10. The summed E-state index contributed by atoms with van der Waals surface area (Å²) in [7, 11) is 0. The van der Waals surface area contributed by atoms with E-state index in [0.717, 1.165) is 16.9 Å². The molecule has 0 bridgehead atoms. The predicted octanol–water partition coefficient (Wildman–Crippen LogP) is 5.34. The maximum absolute atomic E-state index is 5.90. The Morgan fingerprint density at radius 1 is 0.840 bits per heavy atom. The van der Waals surface area contributed by atoms with Crippen molar-refractivity contribution in [2.24, 2.45) is 0 Å². The molecule has 0 N–H and O–H groups in total. The van der Waals surface area contributed by atoms with Crippen LogP contribution in [0.1, 0.15) is 5.89 Å². The number of hydrogen-bond acceptors (Lipinski definition) is 5. The molecule has 5 nitrogen and oxygen atoms in total. The Morgan fingerprint density at radius 2 is 1.64 bits per heavy atom. The molecule has 4 rings (SSSR count). The summed E-state index contributed by atoms with van der Waals surface area (Å²) in [6, 6.07) is 21.4. The van der Waals surface area contributed by atoms with Gasteiger partial charge in [-0.15, -0.1) is 10.2 Å². The molecule has 0 aliphatic carbocycles. The molecular formula is C19H13BrN2O3. The fourth-order valence-electron chi connectivity index (χ4n) is 2.43. The maximum atomic E-state index is 5.90. The molecule has 4 aromatic rings. The van der Waals surface area contributed by atoms with Crippen LogP contribution in [0.5, 0.6) is 5.75 Å². The van der Waals surface area contributed by atoms with Crippen LogP contribution < -0.4 is 4.74 Å². The minimum atomic E-state index is 0.179. The van der Waals surface area contributed by atoms with Crippen molar-refractivity contribution in [1.82, 2.24) is 10.2 Å². The lowest BCUT2D eigenvalue weighted by molar-refractivity contribution is 0.265. The van der Waals surface area contributed by atoms with E-state index in [4.69, 9.17) is 13.6 Å². The van der Waals surface area contributed by atoms with Crippen LogP contribution in [0.4, 0.5) is 0 Å². The largest absolute Gasteiger partial charge is 0.483 e. The number of ether oxygens (including phenoxy) is 1. The lowest BCUT2D eigenvalue weighted by atomic mass is 10.1. The molecule has 0 atom stereocenters. The third-order valence-electron chi connectivity index (χ3n) is 3.57. The zero-order valence-electron chi connectivity index (χ0n) is 13.1. The average molecular weight is 397 g/mol. The second kappa shape index (κ2) is 6.94. The van der Waals surface area contributed by atoms with Crippen molar-refractivity contribution in [1.29, 1.82) is 0 Å². The van der Waals surface area contributed by atoms with Crippen molar-refractivity contribution in [3.8, 4) is 28.5 Å². The van der Waals surface area contributed by atoms with E-state index < -0.39 is 0 Å². The van der Waals surface area contributed by atoms with Gasteiger partial charge in [0, 0.05) is 5.56 Å². The summed E-state index contributed by atoms with van der Waals surface area (Å²) >= 11 is 3.25. The molecule has 0 spiro atoms. The molecular weight excluding hydrogens is 384 g/mol. The van der Waals surface area contributed by atoms with Gasteiger partial charge in [-0.1, -0.05) is 48.5 Å². The smallest absolute Gasteiger partial charge is 0.283 e. The SMILES string of the molecule is Brc1ccc(-c2nnc(COc3ccccc3-c3ccccc3)o2)o1. The first-order valence-electron chi connectivity index (χ1n) is 7.65. The summed E-state index contributed by atoms with van der Waals surface area (Å²) in [6.07, 6.45) is 0. The Bertz CT molecular complexity index is 979. The molecule has 0 unspecified atom stereocenters. The Hall–Kier alpha value is -2.86. The van der Waals surface area contributed by atoms with Crippen LogP contribution in [0.15, 0.2) is 80.2 Å². The van der Waals surface area contributed by atoms with Crippen molar-refractivity contribution in [2.75, 3.05) is 0 Å². The highest BCUT2D eigenvalue weighted by molar-refractivity contribution is 9.10. The summed E-state index contributed by atoms with van der Waals surface area (Å²) < 4.78 is 17.5. The van der Waals surface area contributed by atoms with Crippen LogP contribution in [0, 0.1) is 0 Å². The summed E-state index contributed by atoms with van der Waals surface area (Å²) in [5.41, 5.74) is 2.10. The fraction of sp³-hybridized carbons (Fsp3) is 0.0526. The van der Waals surface area contributed by atoms with Crippen molar-refractivity contribution < 1.29 is 13.6 Å². The van der Waals surface area contributed by atoms with Gasteiger partial charge < -0.3 is 13.6 Å². The van der Waals surface area contributed by atoms with Crippen molar-refractivity contribution in [3.63, 3.8) is 0 Å². The van der Waals surface area contributed by atoms with Crippen LogP contribution in [0.25, 0.3) is 22.8 Å². The number of rotatable bonds is 5.